The number of H-pyrrole nitrogens is 1. The molecule has 5 heteroatoms. The number of rotatable bonds is 2. The van der Waals surface area contributed by atoms with E-state index < -0.39 is 0 Å². The summed E-state index contributed by atoms with van der Waals surface area (Å²) in [5, 5.41) is 3.42. The largest absolute Gasteiger partial charge is 0.375 e. The van der Waals surface area contributed by atoms with Gasteiger partial charge in [0.15, 0.2) is 5.13 Å². The number of thiazole rings is 1. The minimum Gasteiger partial charge on any atom is -0.375 e. The van der Waals surface area contributed by atoms with Gasteiger partial charge in [-0.25, -0.2) is 9.37 Å². The van der Waals surface area contributed by atoms with Crippen molar-refractivity contribution in [2.45, 2.75) is 0 Å². The van der Waals surface area contributed by atoms with E-state index in [-0.39, 0.29) is 5.82 Å². The Hall–Kier alpha value is -2.14. The molecule has 2 aromatic heterocycles. The van der Waals surface area contributed by atoms with Crippen molar-refractivity contribution in [1.29, 1.82) is 0 Å². The normalized spacial score (nSPS) is 11.6. The fourth-order valence-electron chi connectivity index (χ4n) is 1.81. The van der Waals surface area contributed by atoms with E-state index in [1.54, 1.807) is 6.07 Å². The van der Waals surface area contributed by atoms with Crippen LogP contribution in [0.2, 0.25) is 0 Å². The molecule has 0 unspecified atom stereocenters. The van der Waals surface area contributed by atoms with E-state index in [1.807, 2.05) is 23.7 Å². The zero-order valence-electron chi connectivity index (χ0n) is 9.35. The summed E-state index contributed by atoms with van der Waals surface area (Å²) in [7, 11) is 0. The predicted molar refractivity (Wildman–Crippen MR) is 73.7 cm³/mol. The van der Waals surface area contributed by atoms with Crippen LogP contribution in [0.25, 0.3) is 23.1 Å². The minimum atomic E-state index is -0.243. The molecule has 0 aliphatic carbocycles. The first-order valence-corrected chi connectivity index (χ1v) is 6.26. The molecule has 0 atom stereocenters. The number of nitrogens with two attached hydrogens (primary N) is 1. The number of halogens is 1. The van der Waals surface area contributed by atoms with Crippen LogP contribution in [0.15, 0.2) is 29.8 Å². The van der Waals surface area contributed by atoms with E-state index in [4.69, 9.17) is 5.73 Å². The highest BCUT2D eigenvalue weighted by Gasteiger charge is 2.02. The molecule has 0 saturated carbocycles. The Balaban J connectivity index is 1.97. The number of fused-ring (bicyclic) bond motifs is 1. The average molecular weight is 259 g/mol. The quantitative estimate of drug-likeness (QED) is 0.739. The Morgan fingerprint density at radius 1 is 1.33 bits per heavy atom. The minimum absolute atomic E-state index is 0.243. The van der Waals surface area contributed by atoms with E-state index in [9.17, 15) is 4.39 Å². The highest BCUT2D eigenvalue weighted by atomic mass is 32.1. The second-order valence-corrected chi connectivity index (χ2v) is 4.77. The van der Waals surface area contributed by atoms with Crippen molar-refractivity contribution in [1.82, 2.24) is 9.97 Å². The SMILES string of the molecule is Nc1nc(C=Cc2c[nH]c3cc(F)ccc23)cs1. The Bertz CT molecular complexity index is 727. The Labute approximate surface area is 107 Å². The molecule has 0 aliphatic heterocycles. The van der Waals surface area contributed by atoms with Crippen LogP contribution < -0.4 is 5.73 Å². The Kier molecular flexibility index (Phi) is 2.60. The Morgan fingerprint density at radius 3 is 3.00 bits per heavy atom. The lowest BCUT2D eigenvalue weighted by Crippen LogP contribution is -1.80. The monoisotopic (exact) mass is 259 g/mol. The Morgan fingerprint density at radius 2 is 2.22 bits per heavy atom. The van der Waals surface area contributed by atoms with E-state index in [1.165, 1.54) is 23.5 Å². The van der Waals surface area contributed by atoms with Crippen molar-refractivity contribution in [3.63, 3.8) is 0 Å². The maximum atomic E-state index is 13.0. The van der Waals surface area contributed by atoms with E-state index in [0.29, 0.717) is 5.13 Å². The maximum Gasteiger partial charge on any atom is 0.180 e. The molecule has 3 N–H and O–H groups in total. The summed E-state index contributed by atoms with van der Waals surface area (Å²) < 4.78 is 13.0. The zero-order valence-corrected chi connectivity index (χ0v) is 10.2. The molecule has 0 amide bonds. The number of hydrogen-bond donors (Lipinski definition) is 2. The van der Waals surface area contributed by atoms with Gasteiger partial charge in [-0.3, -0.25) is 0 Å². The molecule has 0 radical (unpaired) electrons. The van der Waals surface area contributed by atoms with Crippen molar-refractivity contribution in [2.75, 3.05) is 5.73 Å². The van der Waals surface area contributed by atoms with Crippen LogP contribution in [0.3, 0.4) is 0 Å². The van der Waals surface area contributed by atoms with Gasteiger partial charge < -0.3 is 10.7 Å². The number of nitrogen functional groups attached to an aromatic ring is 1. The van der Waals surface area contributed by atoms with E-state index >= 15 is 0 Å². The fraction of sp³-hybridized carbons (Fsp3) is 0. The molecular weight excluding hydrogens is 249 g/mol. The van der Waals surface area contributed by atoms with E-state index in [2.05, 4.69) is 9.97 Å². The molecule has 3 aromatic rings. The summed E-state index contributed by atoms with van der Waals surface area (Å²) in [6.07, 6.45) is 5.67. The van der Waals surface area contributed by atoms with Gasteiger partial charge in [-0.2, -0.15) is 0 Å². The van der Waals surface area contributed by atoms with Crippen LogP contribution in [0.5, 0.6) is 0 Å². The van der Waals surface area contributed by atoms with Crippen molar-refractivity contribution >= 4 is 39.5 Å². The smallest absolute Gasteiger partial charge is 0.180 e. The third kappa shape index (κ3) is 2.00. The van der Waals surface area contributed by atoms with Crippen LogP contribution in [0.1, 0.15) is 11.3 Å². The lowest BCUT2D eigenvalue weighted by molar-refractivity contribution is 0.629. The zero-order chi connectivity index (χ0) is 12.5. The lowest BCUT2D eigenvalue weighted by atomic mass is 10.1. The van der Waals surface area contributed by atoms with Crippen molar-refractivity contribution < 1.29 is 4.39 Å². The van der Waals surface area contributed by atoms with Crippen LogP contribution >= 0.6 is 11.3 Å². The summed E-state index contributed by atoms with van der Waals surface area (Å²) >= 11 is 1.41. The van der Waals surface area contributed by atoms with Gasteiger partial charge in [0.25, 0.3) is 0 Å². The van der Waals surface area contributed by atoms with Crippen molar-refractivity contribution in [3.05, 3.63) is 46.9 Å². The first-order chi connectivity index (χ1) is 8.72. The van der Waals surface area contributed by atoms with Crippen LogP contribution in [0, 0.1) is 5.82 Å². The molecule has 0 fully saturated rings. The average Bonchev–Trinajstić information content (AvgIpc) is 2.92. The molecule has 18 heavy (non-hydrogen) atoms. The number of anilines is 1. The lowest BCUT2D eigenvalue weighted by Gasteiger charge is -1.92. The molecular formula is C13H10FN3S. The maximum absolute atomic E-state index is 13.0. The topological polar surface area (TPSA) is 54.7 Å². The molecule has 2 heterocycles. The summed E-state index contributed by atoms with van der Waals surface area (Å²) in [6, 6.07) is 4.69. The second-order valence-electron chi connectivity index (χ2n) is 3.88. The van der Waals surface area contributed by atoms with Gasteiger partial charge in [-0.1, -0.05) is 6.08 Å². The third-order valence-electron chi connectivity index (χ3n) is 2.65. The molecule has 90 valence electrons. The predicted octanol–water partition coefficient (Wildman–Crippen LogP) is 3.52. The first kappa shape index (κ1) is 11.0. The number of hydrogen-bond acceptors (Lipinski definition) is 3. The fourth-order valence-corrected chi connectivity index (χ4v) is 2.34. The van der Waals surface area contributed by atoms with Crippen molar-refractivity contribution in [3.8, 4) is 0 Å². The molecule has 0 spiro atoms. The van der Waals surface area contributed by atoms with Crippen LogP contribution in [0.4, 0.5) is 9.52 Å². The van der Waals surface area contributed by atoms with Gasteiger partial charge >= 0.3 is 0 Å². The first-order valence-electron chi connectivity index (χ1n) is 5.38. The van der Waals surface area contributed by atoms with Gasteiger partial charge in [0.2, 0.25) is 0 Å². The van der Waals surface area contributed by atoms with Gasteiger partial charge in [0, 0.05) is 22.5 Å². The number of nitrogens with zero attached hydrogens (tertiary/aromatic N) is 1. The van der Waals surface area contributed by atoms with Crippen LogP contribution in [-0.2, 0) is 0 Å². The highest BCUT2D eigenvalue weighted by molar-refractivity contribution is 7.13. The molecule has 0 saturated heterocycles. The van der Waals surface area contributed by atoms with Gasteiger partial charge in [0.1, 0.15) is 5.82 Å². The van der Waals surface area contributed by atoms with E-state index in [0.717, 1.165) is 22.2 Å². The second kappa shape index (κ2) is 4.27. The van der Waals surface area contributed by atoms with Gasteiger partial charge in [-0.15, -0.1) is 11.3 Å². The molecule has 0 aliphatic rings. The van der Waals surface area contributed by atoms with Crippen molar-refractivity contribution in [2.24, 2.45) is 0 Å². The summed E-state index contributed by atoms with van der Waals surface area (Å²) in [6.45, 7) is 0. The third-order valence-corrected chi connectivity index (χ3v) is 3.34. The molecule has 3 rings (SSSR count). The number of aromatic nitrogens is 2. The van der Waals surface area contributed by atoms with Gasteiger partial charge in [-0.05, 0) is 29.8 Å². The van der Waals surface area contributed by atoms with Crippen LogP contribution in [-0.4, -0.2) is 9.97 Å². The number of aromatic amines is 1. The summed E-state index contributed by atoms with van der Waals surface area (Å²) in [4.78, 5) is 7.18. The summed E-state index contributed by atoms with van der Waals surface area (Å²) in [5.41, 5.74) is 8.17. The number of benzene rings is 1. The molecule has 3 nitrogen and oxygen atoms in total. The highest BCUT2D eigenvalue weighted by Crippen LogP contribution is 2.21. The standard InChI is InChI=1S/C13H10FN3S/c14-9-2-4-11-8(6-16-12(11)5-9)1-3-10-7-18-13(15)17-10/h1-7,16H,(H2,15,17). The summed E-state index contributed by atoms with van der Waals surface area (Å²) in [5.74, 6) is -0.243. The molecule has 1 aromatic carbocycles. The molecule has 0 bridgehead atoms. The van der Waals surface area contributed by atoms with Gasteiger partial charge in [0.05, 0.1) is 5.69 Å². The number of nitrogens with one attached hydrogen (secondary N) is 1.